The van der Waals surface area contributed by atoms with Crippen LogP contribution in [0.15, 0.2) is 34.5 Å². The maximum atomic E-state index is 5.51. The average Bonchev–Trinajstić information content (AvgIpc) is 2.91. The molecule has 1 nitrogen and oxygen atoms in total. The zero-order chi connectivity index (χ0) is 15.8. The van der Waals surface area contributed by atoms with Gasteiger partial charge in [0, 0.05) is 11.6 Å². The van der Waals surface area contributed by atoms with Gasteiger partial charge in [0.05, 0.1) is 10.8 Å². The van der Waals surface area contributed by atoms with Crippen LogP contribution in [0.5, 0.6) is 0 Å². The van der Waals surface area contributed by atoms with E-state index < -0.39 is 0 Å². The number of hydrogen-bond donors (Lipinski definition) is 1. The van der Waals surface area contributed by atoms with Crippen LogP contribution in [0.25, 0.3) is 11.1 Å². The summed E-state index contributed by atoms with van der Waals surface area (Å²) in [6.07, 6.45) is 7.58. The van der Waals surface area contributed by atoms with Crippen LogP contribution in [0.3, 0.4) is 0 Å². The van der Waals surface area contributed by atoms with E-state index in [2.05, 4.69) is 42.4 Å². The number of benzene rings is 1. The van der Waals surface area contributed by atoms with E-state index in [-0.39, 0.29) is 0 Å². The van der Waals surface area contributed by atoms with Crippen molar-refractivity contribution in [2.45, 2.75) is 30.0 Å². The summed E-state index contributed by atoms with van der Waals surface area (Å²) in [5, 5.41) is 3.31. The Morgan fingerprint density at radius 2 is 2.09 bits per heavy atom. The van der Waals surface area contributed by atoms with Gasteiger partial charge < -0.3 is 5.32 Å². The predicted molar refractivity (Wildman–Crippen MR) is 105 cm³/mol. The minimum atomic E-state index is 0.478. The average molecular weight is 366 g/mol. The van der Waals surface area contributed by atoms with Crippen LogP contribution < -0.4 is 5.32 Å². The van der Waals surface area contributed by atoms with Crippen molar-refractivity contribution in [3.05, 3.63) is 34.2 Å². The monoisotopic (exact) mass is 365 g/mol. The molecule has 116 valence electrons. The minimum Gasteiger partial charge on any atom is -0.304 e. The standard InChI is InChI=1S/C17H19NS4/c1-3-11-18-13(2)8-7-12-20-17-15(16(19)21-22-17)14-9-5-4-6-10-14/h1,4-6,9-10,13,18H,7-8,11-12H2,2H3. The van der Waals surface area contributed by atoms with Crippen LogP contribution in [0, 0.1) is 16.2 Å². The summed E-state index contributed by atoms with van der Waals surface area (Å²) in [7, 11) is 3.50. The number of rotatable bonds is 8. The Kier molecular flexibility index (Phi) is 7.64. The van der Waals surface area contributed by atoms with Gasteiger partial charge in [0.15, 0.2) is 0 Å². The van der Waals surface area contributed by atoms with Crippen LogP contribution in [0.2, 0.25) is 0 Å². The van der Waals surface area contributed by atoms with E-state index in [1.807, 2.05) is 17.8 Å². The van der Waals surface area contributed by atoms with Gasteiger partial charge in [-0.2, -0.15) is 0 Å². The van der Waals surface area contributed by atoms with Gasteiger partial charge in [0.25, 0.3) is 0 Å². The highest BCUT2D eigenvalue weighted by atomic mass is 32.9. The fourth-order valence-corrected chi connectivity index (χ4v) is 6.61. The second kappa shape index (κ2) is 9.49. The first-order chi connectivity index (χ1) is 10.7. The normalized spacial score (nSPS) is 12.0. The lowest BCUT2D eigenvalue weighted by molar-refractivity contribution is 0.542. The molecule has 2 rings (SSSR count). The number of nitrogens with one attached hydrogen (secondary N) is 1. The lowest BCUT2D eigenvalue weighted by Crippen LogP contribution is -2.26. The lowest BCUT2D eigenvalue weighted by atomic mass is 10.1. The second-order valence-electron chi connectivity index (χ2n) is 4.96. The molecule has 1 N–H and O–H groups in total. The molecular formula is C17H19NS4. The Labute approximate surface area is 149 Å². The Hall–Kier alpha value is -0.640. The summed E-state index contributed by atoms with van der Waals surface area (Å²) in [4.78, 5) is 0. The molecule has 0 radical (unpaired) electrons. The Balaban J connectivity index is 1.90. The van der Waals surface area contributed by atoms with E-state index in [1.54, 1.807) is 20.7 Å². The van der Waals surface area contributed by atoms with Gasteiger partial charge in [0.1, 0.15) is 3.82 Å². The molecule has 1 aromatic carbocycles. The topological polar surface area (TPSA) is 12.0 Å². The zero-order valence-electron chi connectivity index (χ0n) is 12.5. The molecule has 22 heavy (non-hydrogen) atoms. The third-order valence-corrected chi connectivity index (χ3v) is 7.93. The molecule has 1 aromatic heterocycles. The van der Waals surface area contributed by atoms with Gasteiger partial charge >= 0.3 is 0 Å². The molecule has 0 amide bonds. The van der Waals surface area contributed by atoms with Crippen molar-refractivity contribution < 1.29 is 0 Å². The summed E-state index contributed by atoms with van der Waals surface area (Å²) in [5.41, 5.74) is 2.48. The second-order valence-corrected chi connectivity index (χ2v) is 9.14. The molecule has 0 aliphatic carbocycles. The molecule has 2 aromatic rings. The third kappa shape index (κ3) is 5.22. The van der Waals surface area contributed by atoms with Gasteiger partial charge in [-0.05, 0) is 31.1 Å². The summed E-state index contributed by atoms with van der Waals surface area (Å²) >= 11 is 7.43. The maximum absolute atomic E-state index is 5.51. The summed E-state index contributed by atoms with van der Waals surface area (Å²) in [5.74, 6) is 3.73. The Bertz CT molecular complexity index is 666. The first kappa shape index (κ1) is 17.7. The van der Waals surface area contributed by atoms with Crippen LogP contribution in [-0.4, -0.2) is 18.3 Å². The molecule has 5 heteroatoms. The highest BCUT2D eigenvalue weighted by Crippen LogP contribution is 2.40. The van der Waals surface area contributed by atoms with E-state index in [0.717, 1.165) is 16.0 Å². The number of terminal acetylenes is 1. The first-order valence-electron chi connectivity index (χ1n) is 7.20. The quantitative estimate of drug-likeness (QED) is 0.212. The molecule has 0 fully saturated rings. The van der Waals surface area contributed by atoms with Crippen LogP contribution in [-0.2, 0) is 0 Å². The molecule has 0 aliphatic rings. The van der Waals surface area contributed by atoms with E-state index in [1.165, 1.54) is 21.8 Å². The zero-order valence-corrected chi connectivity index (χ0v) is 15.8. The highest BCUT2D eigenvalue weighted by molar-refractivity contribution is 8.03. The minimum absolute atomic E-state index is 0.478. The highest BCUT2D eigenvalue weighted by Gasteiger charge is 2.11. The van der Waals surface area contributed by atoms with E-state index >= 15 is 0 Å². The van der Waals surface area contributed by atoms with Crippen molar-refractivity contribution in [1.29, 1.82) is 0 Å². The van der Waals surface area contributed by atoms with Crippen molar-refractivity contribution in [2.24, 2.45) is 0 Å². The van der Waals surface area contributed by atoms with Crippen molar-refractivity contribution in [3.63, 3.8) is 0 Å². The largest absolute Gasteiger partial charge is 0.304 e. The summed E-state index contributed by atoms with van der Waals surface area (Å²) in [6.45, 7) is 2.84. The maximum Gasteiger partial charge on any atom is 0.110 e. The molecule has 1 heterocycles. The van der Waals surface area contributed by atoms with Gasteiger partial charge in [0.2, 0.25) is 0 Å². The van der Waals surface area contributed by atoms with Crippen molar-refractivity contribution in [3.8, 4) is 23.5 Å². The first-order valence-corrected chi connectivity index (χ1v) is 10.7. The molecule has 0 aliphatic heterocycles. The third-order valence-electron chi connectivity index (χ3n) is 3.23. The number of hydrogen-bond acceptors (Lipinski definition) is 5. The van der Waals surface area contributed by atoms with E-state index in [4.69, 9.17) is 18.6 Å². The SMILES string of the molecule is C#CCNC(C)CCCSc1ssc(=S)c1-c1ccccc1. The Morgan fingerprint density at radius 1 is 1.32 bits per heavy atom. The molecule has 0 saturated heterocycles. The van der Waals surface area contributed by atoms with E-state index in [9.17, 15) is 0 Å². The van der Waals surface area contributed by atoms with Gasteiger partial charge in [-0.15, -0.1) is 18.2 Å². The van der Waals surface area contributed by atoms with Crippen molar-refractivity contribution in [1.82, 2.24) is 5.32 Å². The molecule has 1 atom stereocenters. The molecule has 1 unspecified atom stereocenters. The van der Waals surface area contributed by atoms with Gasteiger partial charge in [-0.1, -0.05) is 69.2 Å². The van der Waals surface area contributed by atoms with Crippen LogP contribution in [0.4, 0.5) is 0 Å². The molecule has 0 spiro atoms. The predicted octanol–water partition coefficient (Wildman–Crippen LogP) is 5.69. The van der Waals surface area contributed by atoms with Gasteiger partial charge in [-0.3, -0.25) is 0 Å². The fraction of sp³-hybridized carbons (Fsp3) is 0.353. The Morgan fingerprint density at radius 3 is 2.82 bits per heavy atom. The molecule has 0 bridgehead atoms. The van der Waals surface area contributed by atoms with Crippen molar-refractivity contribution >= 4 is 44.7 Å². The van der Waals surface area contributed by atoms with Crippen LogP contribution >= 0.6 is 44.7 Å². The summed E-state index contributed by atoms with van der Waals surface area (Å²) in [6, 6.07) is 10.9. The lowest BCUT2D eigenvalue weighted by Gasteiger charge is -2.11. The van der Waals surface area contributed by atoms with Crippen molar-refractivity contribution in [2.75, 3.05) is 12.3 Å². The summed E-state index contributed by atoms with van der Waals surface area (Å²) < 4.78 is 2.35. The van der Waals surface area contributed by atoms with E-state index in [0.29, 0.717) is 12.6 Å². The number of thioether (sulfide) groups is 1. The molecular weight excluding hydrogens is 346 g/mol. The van der Waals surface area contributed by atoms with Crippen LogP contribution in [0.1, 0.15) is 19.8 Å². The smallest absolute Gasteiger partial charge is 0.110 e. The van der Waals surface area contributed by atoms with Gasteiger partial charge in [-0.25, -0.2) is 0 Å². The fourth-order valence-electron chi connectivity index (χ4n) is 2.07. The molecule has 0 saturated carbocycles.